The Morgan fingerprint density at radius 3 is 2.32 bits per heavy atom. The monoisotopic (exact) mass is 526 g/mol. The first-order valence-electron chi connectivity index (χ1n) is 11.3. The molecule has 7 nitrogen and oxygen atoms in total. The summed E-state index contributed by atoms with van der Waals surface area (Å²) in [5.74, 6) is 0.157. The Kier molecular flexibility index (Phi) is 7.44. The number of nitrogens with zero attached hydrogens (tertiary/aromatic N) is 5. The van der Waals surface area contributed by atoms with E-state index in [1.165, 1.54) is 31.5 Å². The van der Waals surface area contributed by atoms with Crippen molar-refractivity contribution in [2.45, 2.75) is 25.2 Å². The van der Waals surface area contributed by atoms with Crippen LogP contribution in [0.2, 0.25) is 0 Å². The molecule has 0 spiro atoms. The molecule has 0 unspecified atom stereocenters. The van der Waals surface area contributed by atoms with Gasteiger partial charge in [-0.25, -0.2) is 9.97 Å². The third kappa shape index (κ3) is 5.87. The predicted molar refractivity (Wildman–Crippen MR) is 126 cm³/mol. The zero-order valence-electron chi connectivity index (χ0n) is 19.8. The molecule has 0 radical (unpaired) electrons. The van der Waals surface area contributed by atoms with E-state index >= 15 is 0 Å². The van der Waals surface area contributed by atoms with Crippen LogP contribution in [-0.2, 0) is 29.9 Å². The van der Waals surface area contributed by atoms with Gasteiger partial charge in [0.2, 0.25) is 5.95 Å². The number of anilines is 4. The van der Waals surface area contributed by atoms with E-state index in [1.54, 1.807) is 9.80 Å². The highest BCUT2D eigenvalue weighted by atomic mass is 19.4. The van der Waals surface area contributed by atoms with Crippen molar-refractivity contribution < 1.29 is 31.1 Å². The highest BCUT2D eigenvalue weighted by Crippen LogP contribution is 2.36. The fourth-order valence-electron chi connectivity index (χ4n) is 4.18. The van der Waals surface area contributed by atoms with Crippen molar-refractivity contribution in [2.24, 2.45) is 0 Å². The molecule has 0 aliphatic carbocycles. The summed E-state index contributed by atoms with van der Waals surface area (Å²) in [4.78, 5) is 16.1. The average molecular weight is 526 g/mol. The van der Waals surface area contributed by atoms with Gasteiger partial charge in [0, 0.05) is 50.6 Å². The van der Waals surface area contributed by atoms with E-state index in [2.05, 4.69) is 15.0 Å². The molecule has 2 N–H and O–H groups in total. The molecule has 198 valence electrons. The highest BCUT2D eigenvalue weighted by molar-refractivity contribution is 5.61. The lowest BCUT2D eigenvalue weighted by molar-refractivity contribution is -0.138. The van der Waals surface area contributed by atoms with Crippen molar-refractivity contribution in [3.63, 3.8) is 0 Å². The van der Waals surface area contributed by atoms with Crippen molar-refractivity contribution >= 4 is 23.3 Å². The lowest BCUT2D eigenvalue weighted by Gasteiger charge is -2.24. The van der Waals surface area contributed by atoms with Gasteiger partial charge in [-0.2, -0.15) is 31.3 Å². The van der Waals surface area contributed by atoms with Crippen molar-refractivity contribution in [3.05, 3.63) is 65.0 Å². The summed E-state index contributed by atoms with van der Waals surface area (Å²) < 4.78 is 84.8. The molecule has 0 amide bonds. The number of nitrogens with two attached hydrogens (primary N) is 1. The zero-order chi connectivity index (χ0) is 26.8. The van der Waals surface area contributed by atoms with Gasteiger partial charge in [-0.05, 0) is 42.8 Å². The molecular weight excluding hydrogens is 502 g/mol. The molecule has 1 aliphatic rings. The lowest BCUT2D eigenvalue weighted by atomic mass is 10.1. The number of aromatic nitrogens is 3. The van der Waals surface area contributed by atoms with Crippen molar-refractivity contribution in [2.75, 3.05) is 48.9 Å². The van der Waals surface area contributed by atoms with Gasteiger partial charge in [0.25, 0.3) is 0 Å². The van der Waals surface area contributed by atoms with Gasteiger partial charge in [-0.1, -0.05) is 0 Å². The van der Waals surface area contributed by atoms with Crippen molar-refractivity contribution in [3.8, 4) is 0 Å². The minimum Gasteiger partial charge on any atom is -0.383 e. The molecule has 1 aromatic carbocycles. The van der Waals surface area contributed by atoms with Gasteiger partial charge in [0.1, 0.15) is 11.6 Å². The van der Waals surface area contributed by atoms with E-state index in [4.69, 9.17) is 10.5 Å². The van der Waals surface area contributed by atoms with Gasteiger partial charge in [-0.3, -0.25) is 0 Å². The Balaban J connectivity index is 1.65. The van der Waals surface area contributed by atoms with E-state index in [9.17, 15) is 26.3 Å². The number of rotatable bonds is 6. The third-order valence-electron chi connectivity index (χ3n) is 6.02. The first-order valence-corrected chi connectivity index (χ1v) is 11.3. The van der Waals surface area contributed by atoms with Crippen LogP contribution in [0.1, 0.15) is 22.4 Å². The minimum atomic E-state index is -4.56. The van der Waals surface area contributed by atoms with Crippen molar-refractivity contribution in [1.82, 2.24) is 15.0 Å². The highest BCUT2D eigenvalue weighted by Gasteiger charge is 2.36. The molecule has 0 saturated heterocycles. The number of fused-ring (bicyclic) bond motifs is 1. The van der Waals surface area contributed by atoms with Gasteiger partial charge in [0.05, 0.1) is 23.4 Å². The maximum atomic E-state index is 13.5. The Hall–Kier alpha value is -3.61. The van der Waals surface area contributed by atoms with Crippen LogP contribution in [0.5, 0.6) is 0 Å². The topological polar surface area (TPSA) is 80.4 Å². The van der Waals surface area contributed by atoms with Crippen LogP contribution in [0.15, 0.2) is 42.6 Å². The molecule has 13 heteroatoms. The number of methoxy groups -OCH3 is 1. The second kappa shape index (κ2) is 10.4. The third-order valence-corrected chi connectivity index (χ3v) is 6.02. The molecule has 1 aliphatic heterocycles. The first-order chi connectivity index (χ1) is 17.5. The minimum absolute atomic E-state index is 0.160. The fourth-order valence-corrected chi connectivity index (χ4v) is 4.18. The number of pyridine rings is 1. The molecule has 3 heterocycles. The second-order valence-electron chi connectivity index (χ2n) is 8.38. The number of hydrogen-bond acceptors (Lipinski definition) is 7. The molecular formula is C24H24F6N6O. The van der Waals surface area contributed by atoms with Gasteiger partial charge >= 0.3 is 12.4 Å². The molecule has 37 heavy (non-hydrogen) atoms. The molecule has 4 rings (SSSR count). The van der Waals surface area contributed by atoms with Gasteiger partial charge in [0.15, 0.2) is 0 Å². The number of benzene rings is 1. The van der Waals surface area contributed by atoms with Crippen LogP contribution in [0.4, 0.5) is 49.6 Å². The van der Waals surface area contributed by atoms with Crippen LogP contribution in [0, 0.1) is 0 Å². The molecule has 0 atom stereocenters. The van der Waals surface area contributed by atoms with Crippen molar-refractivity contribution in [1.29, 1.82) is 0 Å². The molecule has 0 bridgehead atoms. The van der Waals surface area contributed by atoms with Crippen LogP contribution in [-0.4, -0.2) is 48.3 Å². The van der Waals surface area contributed by atoms with Gasteiger partial charge < -0.3 is 20.3 Å². The summed E-state index contributed by atoms with van der Waals surface area (Å²) in [5.41, 5.74) is 6.21. The summed E-state index contributed by atoms with van der Waals surface area (Å²) in [6.07, 6.45) is -7.15. The maximum absolute atomic E-state index is 13.5. The summed E-state index contributed by atoms with van der Waals surface area (Å²) in [6, 6.07) is 6.78. The fraction of sp³-hybridized carbons (Fsp3) is 0.375. The molecule has 3 aromatic rings. The molecule has 0 fully saturated rings. The van der Waals surface area contributed by atoms with Gasteiger partial charge in [-0.15, -0.1) is 0 Å². The first kappa shape index (κ1) is 26.5. The molecule has 0 saturated carbocycles. The van der Waals surface area contributed by atoms with E-state index in [1.807, 2.05) is 0 Å². The Bertz CT molecular complexity index is 1230. The van der Waals surface area contributed by atoms with E-state index in [-0.39, 0.29) is 50.2 Å². The quantitative estimate of drug-likeness (QED) is 0.459. The van der Waals surface area contributed by atoms with E-state index in [0.29, 0.717) is 23.4 Å². The number of ether oxygens (including phenoxy) is 1. The Labute approximate surface area is 208 Å². The number of halogens is 6. The van der Waals surface area contributed by atoms with Crippen LogP contribution in [0.3, 0.4) is 0 Å². The standard InChI is InChI=1S/C24H24F6N6O/c1-37-14-13-36(16-6-4-15(5-7-16)23(25,26)27)22-33-19-9-12-35(11-8-17(19)20(31)34-22)21-18(24(28,29)30)3-2-10-32-21/h2-7,10H,8-9,11-14H2,1H3,(H2,31,33,34). The average Bonchev–Trinajstić information content (AvgIpc) is 3.07. The van der Waals surface area contributed by atoms with Crippen LogP contribution >= 0.6 is 0 Å². The zero-order valence-corrected chi connectivity index (χ0v) is 19.8. The van der Waals surface area contributed by atoms with Crippen LogP contribution < -0.4 is 15.5 Å². The Morgan fingerprint density at radius 2 is 1.68 bits per heavy atom. The predicted octanol–water partition coefficient (Wildman–Crippen LogP) is 4.88. The smallest absolute Gasteiger partial charge is 0.383 e. The van der Waals surface area contributed by atoms with E-state index in [0.717, 1.165) is 18.2 Å². The Morgan fingerprint density at radius 1 is 0.973 bits per heavy atom. The SMILES string of the molecule is COCCN(c1ccc(C(F)(F)F)cc1)c1nc(N)c2c(n1)CCN(c1ncccc1C(F)(F)F)CC2. The molecule has 2 aromatic heterocycles. The number of nitrogen functional groups attached to an aromatic ring is 1. The number of hydrogen-bond donors (Lipinski definition) is 1. The number of alkyl halides is 6. The van der Waals surface area contributed by atoms with Crippen LogP contribution in [0.25, 0.3) is 0 Å². The summed E-state index contributed by atoms with van der Waals surface area (Å²) in [6.45, 7) is 0.901. The largest absolute Gasteiger partial charge is 0.419 e. The normalized spacial score (nSPS) is 14.3. The summed E-state index contributed by atoms with van der Waals surface area (Å²) in [7, 11) is 1.48. The summed E-state index contributed by atoms with van der Waals surface area (Å²) in [5, 5.41) is 0. The maximum Gasteiger partial charge on any atom is 0.419 e. The second-order valence-corrected chi connectivity index (χ2v) is 8.38. The summed E-state index contributed by atoms with van der Waals surface area (Å²) >= 11 is 0. The lowest BCUT2D eigenvalue weighted by Crippen LogP contribution is -2.29. The van der Waals surface area contributed by atoms with E-state index < -0.39 is 23.5 Å².